The zero-order valence-corrected chi connectivity index (χ0v) is 11.4. The predicted molar refractivity (Wildman–Crippen MR) is 80.6 cm³/mol. The summed E-state index contributed by atoms with van der Waals surface area (Å²) in [6.07, 6.45) is 1.46. The van der Waals surface area contributed by atoms with Crippen LogP contribution in [0.3, 0.4) is 0 Å². The Bertz CT molecular complexity index is 765. The number of carboxylic acids is 1. The highest BCUT2D eigenvalue weighted by atomic mass is 16.7. The van der Waals surface area contributed by atoms with Gasteiger partial charge in [0.15, 0.2) is 11.5 Å². The van der Waals surface area contributed by atoms with E-state index in [0.717, 1.165) is 0 Å². The number of ether oxygens (including phenoxy) is 2. The minimum absolute atomic E-state index is 0.0607. The van der Waals surface area contributed by atoms with Crippen LogP contribution in [0.4, 0.5) is 5.69 Å². The molecule has 0 radical (unpaired) electrons. The molecule has 0 fully saturated rings. The lowest BCUT2D eigenvalue weighted by molar-refractivity contribution is -0.130. The summed E-state index contributed by atoms with van der Waals surface area (Å²) in [7, 11) is 0. The lowest BCUT2D eigenvalue weighted by Gasteiger charge is -2.07. The van der Waals surface area contributed by atoms with Gasteiger partial charge in [-0.3, -0.25) is 0 Å². The minimum Gasteiger partial charge on any atom is -0.508 e. The number of carboxylic acid groups (broad SMARTS) is 1. The number of aliphatic carboxylic acids is 1. The Morgan fingerprint density at radius 3 is 2.41 bits per heavy atom. The summed E-state index contributed by atoms with van der Waals surface area (Å²) in [6.45, 7) is 0.117. The Labute approximate surface area is 126 Å². The third kappa shape index (κ3) is 2.54. The summed E-state index contributed by atoms with van der Waals surface area (Å²) in [5.41, 5.74) is 7.37. The molecule has 0 bridgehead atoms. The van der Waals surface area contributed by atoms with Crippen molar-refractivity contribution in [3.05, 3.63) is 47.5 Å². The highest BCUT2D eigenvalue weighted by Crippen LogP contribution is 2.37. The summed E-state index contributed by atoms with van der Waals surface area (Å²) in [5, 5.41) is 18.7. The fraction of sp³-hybridized carbons (Fsp3) is 0.0625. The maximum Gasteiger partial charge on any atom is 0.336 e. The van der Waals surface area contributed by atoms with Crippen LogP contribution in [0.2, 0.25) is 0 Å². The van der Waals surface area contributed by atoms with Crippen LogP contribution in [-0.4, -0.2) is 23.0 Å². The van der Waals surface area contributed by atoms with Gasteiger partial charge in [-0.25, -0.2) is 4.79 Å². The Morgan fingerprint density at radius 2 is 1.77 bits per heavy atom. The first-order chi connectivity index (χ1) is 10.5. The van der Waals surface area contributed by atoms with Crippen LogP contribution in [0.1, 0.15) is 11.1 Å². The lowest BCUT2D eigenvalue weighted by atomic mass is 10.0. The van der Waals surface area contributed by atoms with Crippen LogP contribution in [0, 0.1) is 0 Å². The standard InChI is InChI=1S/C16H13NO5/c17-13-7-15-14(21-8-22-15)6-10(13)5-12(16(19)20)9-1-3-11(18)4-2-9/h1-7,18H,8,17H2,(H,19,20)/b12-5+. The zero-order valence-electron chi connectivity index (χ0n) is 11.4. The second-order valence-electron chi connectivity index (χ2n) is 4.74. The fourth-order valence-electron chi connectivity index (χ4n) is 2.16. The van der Waals surface area contributed by atoms with Crippen molar-refractivity contribution in [2.75, 3.05) is 12.5 Å². The molecule has 1 heterocycles. The quantitative estimate of drug-likeness (QED) is 0.457. The average molecular weight is 299 g/mol. The van der Waals surface area contributed by atoms with Gasteiger partial charge in [-0.2, -0.15) is 0 Å². The Morgan fingerprint density at radius 1 is 1.14 bits per heavy atom. The highest BCUT2D eigenvalue weighted by molar-refractivity contribution is 6.21. The fourth-order valence-corrected chi connectivity index (χ4v) is 2.16. The Balaban J connectivity index is 2.07. The van der Waals surface area contributed by atoms with E-state index in [1.807, 2.05) is 0 Å². The number of carbonyl (C=O) groups is 1. The van der Waals surface area contributed by atoms with Crippen LogP contribution < -0.4 is 15.2 Å². The van der Waals surface area contributed by atoms with Crippen LogP contribution in [0.25, 0.3) is 11.6 Å². The molecule has 0 unspecified atom stereocenters. The van der Waals surface area contributed by atoms with E-state index in [0.29, 0.717) is 28.3 Å². The second kappa shape index (κ2) is 5.33. The molecule has 2 aromatic carbocycles. The number of benzene rings is 2. The van der Waals surface area contributed by atoms with Crippen molar-refractivity contribution >= 4 is 23.3 Å². The number of phenols is 1. The van der Waals surface area contributed by atoms with Crippen molar-refractivity contribution in [2.24, 2.45) is 0 Å². The van der Waals surface area contributed by atoms with E-state index in [1.54, 1.807) is 12.1 Å². The molecule has 2 aromatic rings. The highest BCUT2D eigenvalue weighted by Gasteiger charge is 2.17. The molecule has 1 aliphatic rings. The van der Waals surface area contributed by atoms with Gasteiger partial charge in [0.05, 0.1) is 5.57 Å². The molecular weight excluding hydrogens is 286 g/mol. The average Bonchev–Trinajstić information content (AvgIpc) is 2.92. The molecule has 112 valence electrons. The molecule has 1 aliphatic heterocycles. The van der Waals surface area contributed by atoms with Gasteiger partial charge in [-0.1, -0.05) is 12.1 Å². The van der Waals surface area contributed by atoms with Crippen molar-refractivity contribution < 1.29 is 24.5 Å². The van der Waals surface area contributed by atoms with Gasteiger partial charge in [0.25, 0.3) is 0 Å². The summed E-state index contributed by atoms with van der Waals surface area (Å²) in [4.78, 5) is 11.5. The van der Waals surface area contributed by atoms with Gasteiger partial charge in [-0.15, -0.1) is 0 Å². The van der Waals surface area contributed by atoms with Gasteiger partial charge < -0.3 is 25.4 Å². The summed E-state index contributed by atoms with van der Waals surface area (Å²) in [6, 6.07) is 9.15. The Kier molecular flexibility index (Phi) is 3.34. The van der Waals surface area contributed by atoms with E-state index in [2.05, 4.69) is 0 Å². The molecule has 0 saturated heterocycles. The molecule has 6 heteroatoms. The zero-order chi connectivity index (χ0) is 15.7. The van der Waals surface area contributed by atoms with E-state index in [4.69, 9.17) is 15.2 Å². The van der Waals surface area contributed by atoms with Crippen molar-refractivity contribution in [3.63, 3.8) is 0 Å². The lowest BCUT2D eigenvalue weighted by Crippen LogP contribution is -2.00. The van der Waals surface area contributed by atoms with Gasteiger partial charge in [0.2, 0.25) is 6.79 Å². The molecule has 4 N–H and O–H groups in total. The summed E-state index contributed by atoms with van der Waals surface area (Å²) < 4.78 is 10.5. The van der Waals surface area contributed by atoms with Crippen molar-refractivity contribution in [1.29, 1.82) is 0 Å². The summed E-state index contributed by atoms with van der Waals surface area (Å²) >= 11 is 0. The molecular formula is C16H13NO5. The van der Waals surface area contributed by atoms with E-state index in [9.17, 15) is 15.0 Å². The number of aromatic hydroxyl groups is 1. The largest absolute Gasteiger partial charge is 0.508 e. The first-order valence-corrected chi connectivity index (χ1v) is 6.48. The molecule has 0 saturated carbocycles. The predicted octanol–water partition coefficient (Wildman–Crippen LogP) is 2.33. The van der Waals surface area contributed by atoms with Crippen LogP contribution >= 0.6 is 0 Å². The monoisotopic (exact) mass is 299 g/mol. The van der Waals surface area contributed by atoms with Crippen molar-refractivity contribution in [3.8, 4) is 17.2 Å². The number of hydrogen-bond donors (Lipinski definition) is 3. The summed E-state index contributed by atoms with van der Waals surface area (Å²) in [5.74, 6) is 0.0332. The molecule has 0 aliphatic carbocycles. The first-order valence-electron chi connectivity index (χ1n) is 6.48. The van der Waals surface area contributed by atoms with E-state index in [-0.39, 0.29) is 18.1 Å². The molecule has 0 atom stereocenters. The third-order valence-electron chi connectivity index (χ3n) is 3.29. The van der Waals surface area contributed by atoms with Gasteiger partial charge in [-0.05, 0) is 29.8 Å². The number of hydrogen-bond acceptors (Lipinski definition) is 5. The molecule has 0 spiro atoms. The molecule has 3 rings (SSSR count). The van der Waals surface area contributed by atoms with Crippen molar-refractivity contribution in [2.45, 2.75) is 0 Å². The number of rotatable bonds is 3. The Hall–Kier alpha value is -3.15. The normalized spacial score (nSPS) is 13.2. The van der Waals surface area contributed by atoms with E-state index >= 15 is 0 Å². The molecule has 22 heavy (non-hydrogen) atoms. The number of nitrogen functional groups attached to an aromatic ring is 1. The maximum absolute atomic E-state index is 11.5. The number of nitrogens with two attached hydrogens (primary N) is 1. The third-order valence-corrected chi connectivity index (χ3v) is 3.29. The molecule has 0 amide bonds. The smallest absolute Gasteiger partial charge is 0.336 e. The van der Waals surface area contributed by atoms with Crippen molar-refractivity contribution in [1.82, 2.24) is 0 Å². The van der Waals surface area contributed by atoms with E-state index in [1.165, 1.54) is 30.3 Å². The van der Waals surface area contributed by atoms with E-state index < -0.39 is 5.97 Å². The number of phenolic OH excluding ortho intramolecular Hbond substituents is 1. The van der Waals surface area contributed by atoms with Crippen LogP contribution in [0.15, 0.2) is 36.4 Å². The SMILES string of the molecule is Nc1cc2c(cc1/C=C(/C(=O)O)c1ccc(O)cc1)OCO2. The minimum atomic E-state index is -1.09. The van der Waals surface area contributed by atoms with Crippen LogP contribution in [-0.2, 0) is 4.79 Å². The maximum atomic E-state index is 11.5. The molecule has 6 nitrogen and oxygen atoms in total. The topological polar surface area (TPSA) is 102 Å². The van der Waals surface area contributed by atoms with Gasteiger partial charge in [0, 0.05) is 17.3 Å². The second-order valence-corrected chi connectivity index (χ2v) is 4.74. The van der Waals surface area contributed by atoms with Gasteiger partial charge in [0.1, 0.15) is 5.75 Å². The van der Waals surface area contributed by atoms with Gasteiger partial charge >= 0.3 is 5.97 Å². The molecule has 0 aromatic heterocycles. The first kappa shape index (κ1) is 13.8. The van der Waals surface area contributed by atoms with Crippen LogP contribution in [0.5, 0.6) is 17.2 Å². The number of fused-ring (bicyclic) bond motifs is 1. The number of anilines is 1.